The molecule has 1 aliphatic rings. The molecule has 0 amide bonds. The van der Waals surface area contributed by atoms with Gasteiger partial charge in [0.2, 0.25) is 5.88 Å². The molecule has 2 aromatic rings. The summed E-state index contributed by atoms with van der Waals surface area (Å²) in [5.41, 5.74) is 6.42. The van der Waals surface area contributed by atoms with Gasteiger partial charge >= 0.3 is 0 Å². The van der Waals surface area contributed by atoms with Crippen LogP contribution in [0.1, 0.15) is 0 Å². The van der Waals surface area contributed by atoms with Crippen molar-refractivity contribution in [3.05, 3.63) is 47.0 Å². The first-order valence-electron chi connectivity index (χ1n) is 6.79. The van der Waals surface area contributed by atoms with E-state index in [1.165, 1.54) is 0 Å². The molecule has 0 fully saturated rings. The Labute approximate surface area is 127 Å². The molecule has 6 nitrogen and oxygen atoms in total. The van der Waals surface area contributed by atoms with Crippen LogP contribution in [0.2, 0.25) is 0 Å². The number of anilines is 1. The van der Waals surface area contributed by atoms with Crippen molar-refractivity contribution in [2.24, 2.45) is 4.99 Å². The molecular formula is C16H17N3O3. The molecule has 3 N–H and O–H groups in total. The van der Waals surface area contributed by atoms with Crippen LogP contribution in [0, 0.1) is 0 Å². The molecule has 0 unspecified atom stereocenters. The minimum atomic E-state index is 0.431. The van der Waals surface area contributed by atoms with Crippen LogP contribution in [0.5, 0.6) is 17.2 Å². The smallest absolute Gasteiger partial charge is 0.204 e. The van der Waals surface area contributed by atoms with Crippen LogP contribution in [0.25, 0.3) is 5.88 Å². The van der Waals surface area contributed by atoms with Gasteiger partial charge in [0.25, 0.3) is 0 Å². The van der Waals surface area contributed by atoms with Gasteiger partial charge in [0.05, 0.1) is 24.8 Å². The molecule has 114 valence electrons. The number of nitrogens with zero attached hydrogens (tertiary/aromatic N) is 1. The van der Waals surface area contributed by atoms with Gasteiger partial charge in [-0.1, -0.05) is 6.07 Å². The Morgan fingerprint density at radius 2 is 1.86 bits per heavy atom. The summed E-state index contributed by atoms with van der Waals surface area (Å²) in [6.45, 7) is 0.431. The van der Waals surface area contributed by atoms with Gasteiger partial charge in [0, 0.05) is 17.8 Å². The van der Waals surface area contributed by atoms with Crippen LogP contribution in [-0.2, 0) is 0 Å². The molecule has 2 aromatic carbocycles. The Morgan fingerprint density at radius 1 is 1.09 bits per heavy atom. The molecule has 0 saturated carbocycles. The van der Waals surface area contributed by atoms with Crippen molar-refractivity contribution in [1.82, 2.24) is 5.32 Å². The van der Waals surface area contributed by atoms with Gasteiger partial charge in [0.15, 0.2) is 11.5 Å². The number of hydrogen-bond acceptors (Lipinski definition) is 6. The van der Waals surface area contributed by atoms with Crippen LogP contribution in [0.3, 0.4) is 0 Å². The molecule has 1 aliphatic heterocycles. The second-order valence-corrected chi connectivity index (χ2v) is 4.72. The molecule has 0 atom stereocenters. The van der Waals surface area contributed by atoms with Gasteiger partial charge in [-0.3, -0.25) is 4.99 Å². The Bertz CT molecular complexity index is 818. The number of hydrogen-bond donors (Lipinski definition) is 2. The van der Waals surface area contributed by atoms with E-state index in [4.69, 9.17) is 19.9 Å². The van der Waals surface area contributed by atoms with E-state index in [9.17, 15) is 0 Å². The fraction of sp³-hybridized carbons (Fsp3) is 0.188. The molecule has 0 saturated heterocycles. The van der Waals surface area contributed by atoms with Crippen molar-refractivity contribution in [2.75, 3.05) is 26.6 Å². The SMILES string of the molecule is COc1cc2c(cc1OC)=C(Oc1cccc(N)c1)NCN=2. The minimum absolute atomic E-state index is 0.431. The molecular weight excluding hydrogens is 282 g/mol. The quantitative estimate of drug-likeness (QED) is 0.809. The molecule has 1 heterocycles. The average Bonchev–Trinajstić information content (AvgIpc) is 2.54. The van der Waals surface area contributed by atoms with E-state index in [1.807, 2.05) is 30.3 Å². The number of ether oxygens (including phenoxy) is 3. The standard InChI is InChI=1S/C16H17N3O3/c1-20-14-7-12-13(8-15(14)21-2)18-9-19-16(12)22-11-5-3-4-10(17)6-11/h3-8,19H,9,17H2,1-2H3. The van der Waals surface area contributed by atoms with Crippen molar-refractivity contribution in [1.29, 1.82) is 0 Å². The zero-order chi connectivity index (χ0) is 15.5. The molecule has 0 spiro atoms. The minimum Gasteiger partial charge on any atom is -0.493 e. The summed E-state index contributed by atoms with van der Waals surface area (Å²) >= 11 is 0. The highest BCUT2D eigenvalue weighted by Gasteiger charge is 2.12. The lowest BCUT2D eigenvalue weighted by molar-refractivity contribution is 0.353. The van der Waals surface area contributed by atoms with Gasteiger partial charge in [0.1, 0.15) is 12.4 Å². The summed E-state index contributed by atoms with van der Waals surface area (Å²) in [4.78, 5) is 4.41. The number of nitrogens with two attached hydrogens (primary N) is 1. The fourth-order valence-corrected chi connectivity index (χ4v) is 2.26. The number of benzene rings is 2. The lowest BCUT2D eigenvalue weighted by Crippen LogP contribution is -2.40. The molecule has 3 rings (SSSR count). The molecule has 0 bridgehead atoms. The largest absolute Gasteiger partial charge is 0.493 e. The monoisotopic (exact) mass is 299 g/mol. The van der Waals surface area contributed by atoms with Gasteiger partial charge in [-0.25, -0.2) is 0 Å². The first kappa shape index (κ1) is 14.1. The number of nitrogens with one attached hydrogen (secondary N) is 1. The Morgan fingerprint density at radius 3 is 2.59 bits per heavy atom. The zero-order valence-corrected chi connectivity index (χ0v) is 12.4. The Kier molecular flexibility index (Phi) is 3.74. The number of methoxy groups -OCH3 is 2. The summed E-state index contributed by atoms with van der Waals surface area (Å²) in [6, 6.07) is 10.9. The second-order valence-electron chi connectivity index (χ2n) is 4.72. The van der Waals surface area contributed by atoms with Crippen molar-refractivity contribution in [2.45, 2.75) is 0 Å². The zero-order valence-electron chi connectivity index (χ0n) is 12.4. The van der Waals surface area contributed by atoms with Gasteiger partial charge in [-0.15, -0.1) is 0 Å². The van der Waals surface area contributed by atoms with Crippen molar-refractivity contribution in [3.8, 4) is 17.2 Å². The highest BCUT2D eigenvalue weighted by molar-refractivity contribution is 5.50. The Balaban J connectivity index is 2.11. The third-order valence-electron chi connectivity index (χ3n) is 3.31. The number of nitrogen functional groups attached to an aromatic ring is 1. The van der Waals surface area contributed by atoms with E-state index < -0.39 is 0 Å². The van der Waals surface area contributed by atoms with E-state index in [1.54, 1.807) is 20.3 Å². The van der Waals surface area contributed by atoms with E-state index in [2.05, 4.69) is 10.3 Å². The summed E-state index contributed by atoms with van der Waals surface area (Å²) in [5, 5.41) is 4.72. The van der Waals surface area contributed by atoms with Gasteiger partial charge in [-0.2, -0.15) is 0 Å². The van der Waals surface area contributed by atoms with Crippen molar-refractivity contribution >= 4 is 11.6 Å². The predicted octanol–water partition coefficient (Wildman–Crippen LogP) is 0.611. The topological polar surface area (TPSA) is 78.1 Å². The summed E-state index contributed by atoms with van der Waals surface area (Å²) in [7, 11) is 3.19. The van der Waals surface area contributed by atoms with Crippen molar-refractivity contribution < 1.29 is 14.2 Å². The van der Waals surface area contributed by atoms with Gasteiger partial charge in [-0.05, 0) is 18.2 Å². The highest BCUT2D eigenvalue weighted by Crippen LogP contribution is 2.23. The highest BCUT2D eigenvalue weighted by atomic mass is 16.5. The molecule has 0 aliphatic carbocycles. The van der Waals surface area contributed by atoms with E-state index >= 15 is 0 Å². The van der Waals surface area contributed by atoms with Crippen LogP contribution < -0.4 is 35.8 Å². The van der Waals surface area contributed by atoms with Crippen LogP contribution in [-0.4, -0.2) is 20.9 Å². The summed E-state index contributed by atoms with van der Waals surface area (Å²) < 4.78 is 16.5. The lowest BCUT2D eigenvalue weighted by Gasteiger charge is -2.16. The third kappa shape index (κ3) is 2.63. The lowest BCUT2D eigenvalue weighted by atomic mass is 10.2. The first-order chi connectivity index (χ1) is 10.7. The number of fused-ring (bicyclic) bond motifs is 1. The predicted molar refractivity (Wildman–Crippen MR) is 83.2 cm³/mol. The maximum absolute atomic E-state index is 5.90. The van der Waals surface area contributed by atoms with Crippen LogP contribution >= 0.6 is 0 Å². The normalized spacial score (nSPS) is 12.7. The fourth-order valence-electron chi connectivity index (χ4n) is 2.26. The molecule has 0 aromatic heterocycles. The van der Waals surface area contributed by atoms with Crippen LogP contribution in [0.15, 0.2) is 41.4 Å². The molecule has 6 heteroatoms. The number of rotatable bonds is 4. The average molecular weight is 299 g/mol. The molecule has 0 radical (unpaired) electrons. The Hall–Kier alpha value is -2.89. The van der Waals surface area contributed by atoms with Gasteiger partial charge < -0.3 is 25.3 Å². The maximum atomic E-state index is 5.90. The van der Waals surface area contributed by atoms with E-state index in [0.29, 0.717) is 35.5 Å². The van der Waals surface area contributed by atoms with E-state index in [0.717, 1.165) is 10.6 Å². The summed E-state index contributed by atoms with van der Waals surface area (Å²) in [6.07, 6.45) is 0. The summed E-state index contributed by atoms with van der Waals surface area (Å²) in [5.74, 6) is 2.52. The van der Waals surface area contributed by atoms with Crippen LogP contribution in [0.4, 0.5) is 5.69 Å². The first-order valence-corrected chi connectivity index (χ1v) is 6.79. The molecule has 22 heavy (non-hydrogen) atoms. The van der Waals surface area contributed by atoms with Crippen molar-refractivity contribution in [3.63, 3.8) is 0 Å². The van der Waals surface area contributed by atoms with E-state index in [-0.39, 0.29) is 0 Å². The second kappa shape index (κ2) is 5.85. The maximum Gasteiger partial charge on any atom is 0.204 e. The third-order valence-corrected chi connectivity index (χ3v) is 3.31.